The lowest BCUT2D eigenvalue weighted by molar-refractivity contribution is 0.335. The van der Waals surface area contributed by atoms with Gasteiger partial charge >= 0.3 is 0 Å². The van der Waals surface area contributed by atoms with E-state index in [0.717, 1.165) is 71.3 Å². The van der Waals surface area contributed by atoms with E-state index in [2.05, 4.69) is 21.2 Å². The van der Waals surface area contributed by atoms with Crippen LogP contribution in [0.15, 0.2) is 22.7 Å². The Morgan fingerprint density at radius 1 is 1.15 bits per heavy atom. The first-order chi connectivity index (χ1) is 13.2. The average molecular weight is 453 g/mol. The van der Waals surface area contributed by atoms with Crippen LogP contribution in [0.2, 0.25) is 5.02 Å². The van der Waals surface area contributed by atoms with Gasteiger partial charge in [-0.25, -0.2) is 0 Å². The number of benzene rings is 2. The van der Waals surface area contributed by atoms with Gasteiger partial charge in [0, 0.05) is 46.7 Å². The van der Waals surface area contributed by atoms with Gasteiger partial charge in [-0.1, -0.05) is 11.6 Å². The van der Waals surface area contributed by atoms with E-state index < -0.39 is 0 Å². The van der Waals surface area contributed by atoms with Gasteiger partial charge in [-0.2, -0.15) is 0 Å². The lowest BCUT2D eigenvalue weighted by Gasteiger charge is -2.16. The van der Waals surface area contributed by atoms with Crippen molar-refractivity contribution in [1.29, 1.82) is 0 Å². The van der Waals surface area contributed by atoms with E-state index in [4.69, 9.17) is 25.8 Å². The van der Waals surface area contributed by atoms with Gasteiger partial charge in [-0.05, 0) is 54.0 Å². The molecular weight excluding hydrogens is 430 g/mol. The maximum absolute atomic E-state index is 6.15. The van der Waals surface area contributed by atoms with Crippen LogP contribution in [0.4, 0.5) is 0 Å². The molecule has 0 fully saturated rings. The normalized spacial score (nSPS) is 14.5. The average Bonchev–Trinajstić information content (AvgIpc) is 3.33. The molecule has 144 valence electrons. The van der Waals surface area contributed by atoms with E-state index in [9.17, 15) is 0 Å². The zero-order valence-corrected chi connectivity index (χ0v) is 17.7. The molecule has 0 spiro atoms. The number of fused-ring (bicyclic) bond motifs is 2. The smallest absolute Gasteiger partial charge is 0.137 e. The van der Waals surface area contributed by atoms with Crippen molar-refractivity contribution in [3.8, 4) is 17.2 Å². The zero-order valence-electron chi connectivity index (χ0n) is 15.4. The first kappa shape index (κ1) is 18.9. The summed E-state index contributed by atoms with van der Waals surface area (Å²) < 4.78 is 18.6. The molecule has 6 heteroatoms. The van der Waals surface area contributed by atoms with E-state index in [1.807, 2.05) is 25.1 Å². The van der Waals surface area contributed by atoms with E-state index >= 15 is 0 Å². The summed E-state index contributed by atoms with van der Waals surface area (Å²) in [6, 6.07) is 5.76. The van der Waals surface area contributed by atoms with Crippen LogP contribution >= 0.6 is 27.5 Å². The van der Waals surface area contributed by atoms with Crippen LogP contribution in [0, 0.1) is 0 Å². The fraction of sp³-hybridized carbons (Fsp3) is 0.429. The Morgan fingerprint density at radius 2 is 1.93 bits per heavy atom. The van der Waals surface area contributed by atoms with Crippen LogP contribution in [0.25, 0.3) is 0 Å². The van der Waals surface area contributed by atoms with Crippen molar-refractivity contribution in [1.82, 2.24) is 5.32 Å². The highest BCUT2D eigenvalue weighted by Crippen LogP contribution is 2.47. The standard InChI is InChI=1S/C21H23BrClNO3/c1-2-25-18-4-3-14(23)11-13(18)12-24-8-5-15-16-6-9-27-21(16)19(22)17-7-10-26-20(15)17/h3-4,11,24H,2,5-10,12H2,1H3. The SMILES string of the molecule is CCOc1ccc(Cl)cc1CNCCc1c2c(c(Br)c3c1OCC3)OCC2. The summed E-state index contributed by atoms with van der Waals surface area (Å²) in [5.74, 6) is 2.96. The van der Waals surface area contributed by atoms with Crippen molar-refractivity contribution in [2.75, 3.05) is 26.4 Å². The Balaban J connectivity index is 1.46. The van der Waals surface area contributed by atoms with Crippen LogP contribution in [0.5, 0.6) is 17.2 Å². The molecule has 4 nitrogen and oxygen atoms in total. The molecule has 2 aromatic carbocycles. The van der Waals surface area contributed by atoms with E-state index in [0.29, 0.717) is 13.2 Å². The summed E-state index contributed by atoms with van der Waals surface area (Å²) in [5.41, 5.74) is 4.92. The van der Waals surface area contributed by atoms with Gasteiger partial charge < -0.3 is 19.5 Å². The molecule has 0 amide bonds. The molecule has 2 aliphatic rings. The third-order valence-electron chi connectivity index (χ3n) is 5.04. The highest BCUT2D eigenvalue weighted by atomic mass is 79.9. The number of hydrogen-bond acceptors (Lipinski definition) is 4. The molecule has 1 N–H and O–H groups in total. The molecule has 0 aromatic heterocycles. The molecule has 0 radical (unpaired) electrons. The van der Waals surface area contributed by atoms with E-state index in [1.54, 1.807) is 0 Å². The van der Waals surface area contributed by atoms with Gasteiger partial charge in [0.15, 0.2) is 0 Å². The summed E-state index contributed by atoms with van der Waals surface area (Å²) in [7, 11) is 0. The third kappa shape index (κ3) is 3.78. The molecule has 2 aromatic rings. The maximum Gasteiger partial charge on any atom is 0.137 e. The highest BCUT2D eigenvalue weighted by molar-refractivity contribution is 9.10. The second kappa shape index (κ2) is 8.29. The molecule has 2 heterocycles. The number of ether oxygens (including phenoxy) is 3. The molecule has 0 aliphatic carbocycles. The molecule has 0 saturated carbocycles. The molecule has 4 rings (SSSR count). The Morgan fingerprint density at radius 3 is 2.74 bits per heavy atom. The highest BCUT2D eigenvalue weighted by Gasteiger charge is 2.30. The van der Waals surface area contributed by atoms with E-state index in [1.165, 1.54) is 16.7 Å². The van der Waals surface area contributed by atoms with Gasteiger partial charge in [0.2, 0.25) is 0 Å². The van der Waals surface area contributed by atoms with Crippen LogP contribution in [-0.4, -0.2) is 26.4 Å². The number of rotatable bonds is 7. The van der Waals surface area contributed by atoms with Crippen LogP contribution < -0.4 is 19.5 Å². The quantitative estimate of drug-likeness (QED) is 0.618. The Labute approximate surface area is 173 Å². The fourth-order valence-corrected chi connectivity index (χ4v) is 4.76. The molecule has 27 heavy (non-hydrogen) atoms. The summed E-state index contributed by atoms with van der Waals surface area (Å²) in [6.45, 7) is 5.69. The van der Waals surface area contributed by atoms with Gasteiger partial charge in [0.05, 0.1) is 24.3 Å². The van der Waals surface area contributed by atoms with Crippen molar-refractivity contribution in [3.05, 3.63) is 49.9 Å². The maximum atomic E-state index is 6.15. The molecule has 0 atom stereocenters. The predicted molar refractivity (Wildman–Crippen MR) is 111 cm³/mol. The largest absolute Gasteiger partial charge is 0.494 e. The van der Waals surface area contributed by atoms with E-state index in [-0.39, 0.29) is 0 Å². The molecule has 0 saturated heterocycles. The Kier molecular flexibility index (Phi) is 5.81. The fourth-order valence-electron chi connectivity index (χ4n) is 3.83. The van der Waals surface area contributed by atoms with Crippen LogP contribution in [0.3, 0.4) is 0 Å². The van der Waals surface area contributed by atoms with Crippen LogP contribution in [0.1, 0.15) is 29.2 Å². The minimum atomic E-state index is 0.642. The minimum Gasteiger partial charge on any atom is -0.494 e. The van der Waals surface area contributed by atoms with Crippen molar-refractivity contribution in [2.24, 2.45) is 0 Å². The van der Waals surface area contributed by atoms with Crippen molar-refractivity contribution < 1.29 is 14.2 Å². The topological polar surface area (TPSA) is 39.7 Å². The Hall–Kier alpha value is -1.43. The van der Waals surface area contributed by atoms with Crippen molar-refractivity contribution in [2.45, 2.75) is 32.7 Å². The lowest BCUT2D eigenvalue weighted by atomic mass is 9.97. The van der Waals surface area contributed by atoms with Crippen molar-refractivity contribution >= 4 is 27.5 Å². The summed E-state index contributed by atoms with van der Waals surface area (Å²) in [4.78, 5) is 0. The molecular formula is C21H23BrClNO3. The second-order valence-corrected chi connectivity index (χ2v) is 7.95. The summed E-state index contributed by atoms with van der Waals surface area (Å²) in [6.07, 6.45) is 2.79. The van der Waals surface area contributed by atoms with Crippen molar-refractivity contribution in [3.63, 3.8) is 0 Å². The zero-order chi connectivity index (χ0) is 18.8. The number of nitrogens with one attached hydrogen (secondary N) is 1. The Bertz CT molecular complexity index is 821. The minimum absolute atomic E-state index is 0.642. The lowest BCUT2D eigenvalue weighted by Crippen LogP contribution is -2.18. The van der Waals surface area contributed by atoms with Crippen LogP contribution in [-0.2, 0) is 25.8 Å². The predicted octanol–water partition coefficient (Wildman–Crippen LogP) is 4.70. The first-order valence-electron chi connectivity index (χ1n) is 9.42. The monoisotopic (exact) mass is 451 g/mol. The molecule has 0 unspecified atom stereocenters. The third-order valence-corrected chi connectivity index (χ3v) is 6.11. The summed E-state index contributed by atoms with van der Waals surface area (Å²) in [5, 5.41) is 4.25. The molecule has 2 aliphatic heterocycles. The molecule has 0 bridgehead atoms. The number of hydrogen-bond donors (Lipinski definition) is 1. The van der Waals surface area contributed by atoms with Gasteiger partial charge in [0.1, 0.15) is 17.2 Å². The van der Waals surface area contributed by atoms with Gasteiger partial charge in [-0.15, -0.1) is 0 Å². The first-order valence-corrected chi connectivity index (χ1v) is 10.6. The number of halogens is 2. The van der Waals surface area contributed by atoms with Gasteiger partial charge in [-0.3, -0.25) is 0 Å². The second-order valence-electron chi connectivity index (χ2n) is 6.72. The van der Waals surface area contributed by atoms with Gasteiger partial charge in [0.25, 0.3) is 0 Å². The summed E-state index contributed by atoms with van der Waals surface area (Å²) >= 11 is 9.86.